The van der Waals surface area contributed by atoms with Gasteiger partial charge in [-0.25, -0.2) is 12.7 Å². The molecule has 0 amide bonds. The van der Waals surface area contributed by atoms with Gasteiger partial charge in [-0.15, -0.1) is 0 Å². The molecule has 0 spiro atoms. The van der Waals surface area contributed by atoms with E-state index in [1.54, 1.807) is 4.31 Å². The Bertz CT molecular complexity index is 321. The van der Waals surface area contributed by atoms with Gasteiger partial charge in [0.1, 0.15) is 0 Å². The highest BCUT2D eigenvalue weighted by atomic mass is 32.2. The lowest BCUT2D eigenvalue weighted by Gasteiger charge is -2.33. The Labute approximate surface area is 98.4 Å². The van der Waals surface area contributed by atoms with E-state index in [0.717, 1.165) is 38.9 Å². The molecule has 0 aliphatic carbocycles. The van der Waals surface area contributed by atoms with Gasteiger partial charge in [-0.2, -0.15) is 0 Å². The van der Waals surface area contributed by atoms with Crippen LogP contribution in [0.25, 0.3) is 0 Å². The number of sulfonamides is 1. The van der Waals surface area contributed by atoms with Gasteiger partial charge in [0.2, 0.25) is 10.0 Å². The maximum Gasteiger partial charge on any atom is 0.214 e. The summed E-state index contributed by atoms with van der Waals surface area (Å²) < 4.78 is 25.4. The van der Waals surface area contributed by atoms with Crippen LogP contribution in [0, 0.1) is 5.92 Å². The number of rotatable bonds is 2. The number of hydrogen-bond donors (Lipinski definition) is 1. The molecule has 16 heavy (non-hydrogen) atoms. The van der Waals surface area contributed by atoms with E-state index < -0.39 is 10.0 Å². The Morgan fingerprint density at radius 1 is 1.31 bits per heavy atom. The van der Waals surface area contributed by atoms with Crippen molar-refractivity contribution in [1.82, 2.24) is 9.62 Å². The highest BCUT2D eigenvalue weighted by Gasteiger charge is 2.29. The molecule has 2 heterocycles. The van der Waals surface area contributed by atoms with E-state index in [2.05, 4.69) is 12.2 Å². The van der Waals surface area contributed by atoms with E-state index in [1.165, 1.54) is 6.42 Å². The molecule has 0 radical (unpaired) electrons. The quantitative estimate of drug-likeness (QED) is 0.784. The molecule has 2 aliphatic heterocycles. The summed E-state index contributed by atoms with van der Waals surface area (Å²) in [5.41, 5.74) is 0. The molecule has 0 aromatic heterocycles. The molecule has 2 rings (SSSR count). The molecule has 4 nitrogen and oxygen atoms in total. The lowest BCUT2D eigenvalue weighted by Crippen LogP contribution is -2.46. The average molecular weight is 246 g/mol. The fourth-order valence-corrected chi connectivity index (χ4v) is 4.22. The van der Waals surface area contributed by atoms with E-state index in [4.69, 9.17) is 0 Å². The molecule has 5 heteroatoms. The molecule has 2 aliphatic rings. The summed E-state index contributed by atoms with van der Waals surface area (Å²) in [6.07, 6.45) is 4.17. The van der Waals surface area contributed by atoms with Gasteiger partial charge >= 0.3 is 0 Å². The highest BCUT2D eigenvalue weighted by molar-refractivity contribution is 7.89. The minimum Gasteiger partial charge on any atom is -0.314 e. The van der Waals surface area contributed by atoms with Crippen molar-refractivity contribution in [3.05, 3.63) is 0 Å². The van der Waals surface area contributed by atoms with E-state index in [9.17, 15) is 8.42 Å². The first kappa shape index (κ1) is 12.3. The van der Waals surface area contributed by atoms with Gasteiger partial charge in [0.05, 0.1) is 5.75 Å². The van der Waals surface area contributed by atoms with Crippen LogP contribution in [0.15, 0.2) is 0 Å². The van der Waals surface area contributed by atoms with Gasteiger partial charge in [0, 0.05) is 19.1 Å². The standard InChI is InChI=1S/C11H22N2O2S/c1-10-4-5-11(8-12-10)9-13-6-2-3-7-16(13,14)15/h10-12H,2-9H2,1H3. The zero-order valence-electron chi connectivity index (χ0n) is 9.98. The van der Waals surface area contributed by atoms with Crippen molar-refractivity contribution >= 4 is 10.0 Å². The van der Waals surface area contributed by atoms with Gasteiger partial charge < -0.3 is 5.32 Å². The van der Waals surface area contributed by atoms with Crippen molar-refractivity contribution in [3.8, 4) is 0 Å². The van der Waals surface area contributed by atoms with E-state index in [1.807, 2.05) is 0 Å². The van der Waals surface area contributed by atoms with Crippen molar-refractivity contribution in [2.45, 2.75) is 38.6 Å². The molecule has 2 atom stereocenters. The average Bonchev–Trinajstić information content (AvgIpc) is 2.24. The van der Waals surface area contributed by atoms with E-state index in [0.29, 0.717) is 17.7 Å². The Morgan fingerprint density at radius 3 is 2.75 bits per heavy atom. The van der Waals surface area contributed by atoms with E-state index >= 15 is 0 Å². The Morgan fingerprint density at radius 2 is 2.12 bits per heavy atom. The SMILES string of the molecule is CC1CCC(CN2CCCCS2(=O)=O)CN1. The first-order valence-electron chi connectivity index (χ1n) is 6.29. The summed E-state index contributed by atoms with van der Waals surface area (Å²) in [6.45, 7) is 4.61. The summed E-state index contributed by atoms with van der Waals surface area (Å²) in [7, 11) is -2.93. The third-order valence-corrected chi connectivity index (χ3v) is 5.60. The number of nitrogens with zero attached hydrogens (tertiary/aromatic N) is 1. The number of piperidine rings is 1. The molecule has 2 unspecified atom stereocenters. The predicted octanol–water partition coefficient (Wildman–Crippen LogP) is 0.800. The summed E-state index contributed by atoms with van der Waals surface area (Å²) in [4.78, 5) is 0. The maximum absolute atomic E-state index is 11.8. The van der Waals surface area contributed by atoms with Crippen molar-refractivity contribution in [2.24, 2.45) is 5.92 Å². The maximum atomic E-state index is 11.8. The molecule has 0 aromatic carbocycles. The largest absolute Gasteiger partial charge is 0.314 e. The smallest absolute Gasteiger partial charge is 0.214 e. The molecular weight excluding hydrogens is 224 g/mol. The van der Waals surface area contributed by atoms with Crippen molar-refractivity contribution < 1.29 is 8.42 Å². The summed E-state index contributed by atoms with van der Waals surface area (Å²) in [5, 5.41) is 3.43. The second-order valence-electron chi connectivity index (χ2n) is 5.13. The molecule has 94 valence electrons. The number of hydrogen-bond acceptors (Lipinski definition) is 3. The van der Waals surface area contributed by atoms with Crippen LogP contribution in [0.4, 0.5) is 0 Å². The lowest BCUT2D eigenvalue weighted by molar-refractivity contribution is 0.259. The molecule has 0 bridgehead atoms. The summed E-state index contributed by atoms with van der Waals surface area (Å²) in [5.74, 6) is 0.855. The van der Waals surface area contributed by atoms with Crippen LogP contribution in [-0.4, -0.2) is 44.2 Å². The van der Waals surface area contributed by atoms with Crippen molar-refractivity contribution in [3.63, 3.8) is 0 Å². The molecule has 0 aromatic rings. The van der Waals surface area contributed by atoms with Crippen LogP contribution in [-0.2, 0) is 10.0 Å². The summed E-state index contributed by atoms with van der Waals surface area (Å²) in [6, 6.07) is 0.592. The normalized spacial score (nSPS) is 36.1. The van der Waals surface area contributed by atoms with Gasteiger partial charge in [0.25, 0.3) is 0 Å². The molecule has 2 saturated heterocycles. The fourth-order valence-electron chi connectivity index (χ4n) is 2.55. The molecule has 2 fully saturated rings. The first-order chi connectivity index (χ1) is 7.58. The van der Waals surface area contributed by atoms with Crippen LogP contribution >= 0.6 is 0 Å². The fraction of sp³-hybridized carbons (Fsp3) is 1.00. The second kappa shape index (κ2) is 5.02. The van der Waals surface area contributed by atoms with Crippen LogP contribution in [0.2, 0.25) is 0 Å². The van der Waals surface area contributed by atoms with Crippen LogP contribution in [0.1, 0.15) is 32.6 Å². The van der Waals surface area contributed by atoms with Gasteiger partial charge in [-0.3, -0.25) is 0 Å². The Kier molecular flexibility index (Phi) is 3.87. The summed E-state index contributed by atoms with van der Waals surface area (Å²) >= 11 is 0. The molecule has 0 saturated carbocycles. The third kappa shape index (κ3) is 2.96. The van der Waals surface area contributed by atoms with Crippen molar-refractivity contribution in [2.75, 3.05) is 25.4 Å². The van der Waals surface area contributed by atoms with Gasteiger partial charge in [-0.05, 0) is 45.1 Å². The zero-order chi connectivity index (χ0) is 11.6. The monoisotopic (exact) mass is 246 g/mol. The molecule has 1 N–H and O–H groups in total. The molecular formula is C11H22N2O2S. The topological polar surface area (TPSA) is 49.4 Å². The predicted molar refractivity (Wildman–Crippen MR) is 64.8 cm³/mol. The van der Waals surface area contributed by atoms with Crippen LogP contribution < -0.4 is 5.32 Å². The van der Waals surface area contributed by atoms with Gasteiger partial charge in [-0.1, -0.05) is 0 Å². The van der Waals surface area contributed by atoms with E-state index in [-0.39, 0.29) is 0 Å². The van der Waals surface area contributed by atoms with Crippen LogP contribution in [0.5, 0.6) is 0 Å². The highest BCUT2D eigenvalue weighted by Crippen LogP contribution is 2.20. The third-order valence-electron chi connectivity index (χ3n) is 3.68. The second-order valence-corrected chi connectivity index (χ2v) is 7.22. The van der Waals surface area contributed by atoms with Crippen LogP contribution in [0.3, 0.4) is 0 Å². The minimum atomic E-state index is -2.93. The number of nitrogens with one attached hydrogen (secondary N) is 1. The zero-order valence-corrected chi connectivity index (χ0v) is 10.8. The first-order valence-corrected chi connectivity index (χ1v) is 7.90. The van der Waals surface area contributed by atoms with Crippen molar-refractivity contribution in [1.29, 1.82) is 0 Å². The lowest BCUT2D eigenvalue weighted by atomic mass is 9.95. The Balaban J connectivity index is 1.89. The Hall–Kier alpha value is -0.130. The van der Waals surface area contributed by atoms with Gasteiger partial charge in [0.15, 0.2) is 0 Å². The minimum absolute atomic E-state index is 0.351.